The van der Waals surface area contributed by atoms with Gasteiger partial charge in [0.25, 0.3) is 0 Å². The zero-order chi connectivity index (χ0) is 78.3. The van der Waals surface area contributed by atoms with E-state index >= 15 is 0 Å². The van der Waals surface area contributed by atoms with Gasteiger partial charge in [-0.3, -0.25) is 0 Å². The molecule has 5 heterocycles. The van der Waals surface area contributed by atoms with Crippen molar-refractivity contribution in [2.24, 2.45) is 0 Å². The second kappa shape index (κ2) is 28.9. The Hall–Kier alpha value is -14.5. The van der Waals surface area contributed by atoms with E-state index in [9.17, 15) is 0 Å². The molecule has 0 spiro atoms. The Kier molecular flexibility index (Phi) is 17.6. The van der Waals surface area contributed by atoms with Gasteiger partial charge in [0, 0.05) is 102 Å². The summed E-state index contributed by atoms with van der Waals surface area (Å²) in [4.78, 5) is 11.5. The average molecular weight is 1490 g/mol. The monoisotopic (exact) mass is 1490 g/mol. The molecule has 24 rings (SSSR count). The number of nitrogens with zero attached hydrogens (tertiary/aromatic N) is 5. The molecule has 18 aromatic carbocycles. The van der Waals surface area contributed by atoms with E-state index in [1.807, 2.05) is 12.1 Å². The molecule has 0 saturated carbocycles. The summed E-state index contributed by atoms with van der Waals surface area (Å²) in [5, 5.41) is 18.0. The van der Waals surface area contributed by atoms with Gasteiger partial charge in [-0.25, -0.2) is 0 Å². The van der Waals surface area contributed by atoms with E-state index in [4.69, 9.17) is 4.74 Å². The predicted octanol–water partition coefficient (Wildman–Crippen LogP) is 29.7. The Morgan fingerprint density at radius 3 is 1.09 bits per heavy atom. The number of anilines is 10. The summed E-state index contributed by atoms with van der Waals surface area (Å²) in [6.45, 7) is 4.59. The highest BCUT2D eigenvalue weighted by atomic mass is 16.5. The van der Waals surface area contributed by atoms with Crippen molar-refractivity contribution in [2.75, 3.05) is 59.7 Å². The highest BCUT2D eigenvalue weighted by Gasteiger charge is 2.40. The Morgan fingerprint density at radius 2 is 0.578 bits per heavy atom. The van der Waals surface area contributed by atoms with E-state index in [0.29, 0.717) is 0 Å². The summed E-state index contributed by atoms with van der Waals surface area (Å²) in [6, 6.07) is 121. The van der Waals surface area contributed by atoms with Crippen LogP contribution in [0.2, 0.25) is 0 Å². The zero-order valence-electron chi connectivity index (χ0n) is 66.1. The normalized spacial score (nSPS) is 13.6. The maximum atomic E-state index is 6.40. The molecular formula is C110H85N5O. The summed E-state index contributed by atoms with van der Waals surface area (Å²) in [5.41, 5.74) is 27.7. The van der Waals surface area contributed by atoms with Crippen LogP contribution in [0.25, 0.3) is 135 Å². The number of benzene rings is 18. The average Bonchev–Trinajstić information content (AvgIpc) is 1.55. The van der Waals surface area contributed by atoms with Gasteiger partial charge in [0.2, 0.25) is 0 Å². The van der Waals surface area contributed by atoms with Gasteiger partial charge in [0.15, 0.2) is 11.5 Å². The molecule has 6 nitrogen and oxygen atoms in total. The lowest BCUT2D eigenvalue weighted by molar-refractivity contribution is 0.476. The van der Waals surface area contributed by atoms with Crippen LogP contribution in [0, 0.1) is 0 Å². The molecule has 1 aliphatic carbocycles. The first-order chi connectivity index (χ1) is 56.9. The van der Waals surface area contributed by atoms with Crippen LogP contribution in [-0.2, 0) is 5.41 Å². The van der Waals surface area contributed by atoms with E-state index in [1.165, 1.54) is 188 Å². The first-order valence-corrected chi connectivity index (χ1v) is 40.1. The molecule has 556 valence electrons. The quantitative estimate of drug-likeness (QED) is 0.150. The van der Waals surface area contributed by atoms with Crippen molar-refractivity contribution < 1.29 is 4.74 Å². The van der Waals surface area contributed by atoms with Crippen LogP contribution in [0.1, 0.15) is 69.5 Å². The summed E-state index contributed by atoms with van der Waals surface area (Å²) < 4.78 is 6.40. The molecule has 0 atom stereocenters. The van der Waals surface area contributed by atoms with Gasteiger partial charge in [-0.1, -0.05) is 342 Å². The van der Waals surface area contributed by atoms with Gasteiger partial charge in [-0.05, 0) is 170 Å². The highest BCUT2D eigenvalue weighted by Crippen LogP contribution is 2.59. The molecular weight excluding hydrogens is 1410 g/mol. The van der Waals surface area contributed by atoms with Gasteiger partial charge >= 0.3 is 0 Å². The molecule has 0 saturated heterocycles. The number of fused-ring (bicyclic) bond motifs is 26. The number of hydrogen-bond donors (Lipinski definition) is 0. The lowest BCUT2D eigenvalue weighted by Gasteiger charge is -2.31. The van der Waals surface area contributed by atoms with Crippen molar-refractivity contribution in [3.8, 4) is 22.6 Å². The second-order valence-corrected chi connectivity index (χ2v) is 31.4. The van der Waals surface area contributed by atoms with Gasteiger partial charge in [0.05, 0.1) is 28.4 Å². The molecule has 5 aliphatic heterocycles. The molecule has 0 amide bonds. The van der Waals surface area contributed by atoms with Crippen molar-refractivity contribution in [1.82, 2.24) is 0 Å². The van der Waals surface area contributed by atoms with Crippen LogP contribution >= 0.6 is 0 Å². The van der Waals surface area contributed by atoms with Gasteiger partial charge in [-0.2, -0.15) is 0 Å². The third-order valence-electron chi connectivity index (χ3n) is 24.5. The molecule has 0 N–H and O–H groups in total. The molecule has 116 heavy (non-hydrogen) atoms. The van der Waals surface area contributed by atoms with Gasteiger partial charge in [-0.15, -0.1) is 0 Å². The van der Waals surface area contributed by atoms with E-state index in [-0.39, 0.29) is 5.41 Å². The topological polar surface area (TPSA) is 25.4 Å². The summed E-state index contributed by atoms with van der Waals surface area (Å²) in [6.07, 6.45) is 17.9. The molecule has 0 bridgehead atoms. The van der Waals surface area contributed by atoms with Crippen LogP contribution in [0.15, 0.2) is 340 Å². The Balaban J connectivity index is 0.0000000937. The van der Waals surface area contributed by atoms with Crippen LogP contribution < -0.4 is 29.2 Å². The predicted molar refractivity (Wildman–Crippen MR) is 501 cm³/mol. The van der Waals surface area contributed by atoms with Crippen molar-refractivity contribution in [1.29, 1.82) is 0 Å². The smallest absolute Gasteiger partial charge is 0.159 e. The second-order valence-electron chi connectivity index (χ2n) is 31.4. The van der Waals surface area contributed by atoms with E-state index in [0.717, 1.165) is 22.9 Å². The molecule has 0 aromatic heterocycles. The maximum absolute atomic E-state index is 6.40. The minimum absolute atomic E-state index is 0.000146. The molecule has 6 heteroatoms. The summed E-state index contributed by atoms with van der Waals surface area (Å²) >= 11 is 0. The molecule has 18 aromatic rings. The summed E-state index contributed by atoms with van der Waals surface area (Å²) in [5.74, 6) is 1.90. The SMILES string of the molecule is CN1c2c(ccc3ccccc23)C=Cc2ccc3ccccc3c21.CN1c2cc3ccccc3cc2C=Cc2cc3ccccc3cc21.CN1c2ccc3ccccc3c2C=Cc2c1ccc1ccccc21.CN1c2ccccc2C=Cc2ccc3ccccc3c21.CN1c2ccccc2Oc2c1ccc1c2-c2ccccc2C1(C)C. The molecule has 0 unspecified atom stereocenters. The van der Waals surface area contributed by atoms with Crippen LogP contribution in [0.5, 0.6) is 11.5 Å². The largest absolute Gasteiger partial charge is 0.452 e. The minimum Gasteiger partial charge on any atom is -0.452 e. The fourth-order valence-electron chi connectivity index (χ4n) is 18.5. The highest BCUT2D eigenvalue weighted by molar-refractivity contribution is 6.11. The van der Waals surface area contributed by atoms with Crippen molar-refractivity contribution >= 4 is 181 Å². The first kappa shape index (κ1) is 70.6. The Morgan fingerprint density at radius 1 is 0.224 bits per heavy atom. The van der Waals surface area contributed by atoms with Crippen molar-refractivity contribution in [3.63, 3.8) is 0 Å². The third kappa shape index (κ3) is 12.2. The Bertz CT molecular complexity index is 6880. The number of hydrogen-bond acceptors (Lipinski definition) is 6. The number of rotatable bonds is 0. The van der Waals surface area contributed by atoms with Crippen molar-refractivity contribution in [2.45, 2.75) is 19.3 Å². The van der Waals surface area contributed by atoms with Crippen LogP contribution in [0.4, 0.5) is 56.9 Å². The Labute approximate surface area is 678 Å². The number of para-hydroxylation sites is 3. The lowest BCUT2D eigenvalue weighted by Crippen LogP contribution is -2.18. The van der Waals surface area contributed by atoms with Gasteiger partial charge < -0.3 is 29.2 Å². The first-order valence-electron chi connectivity index (χ1n) is 40.1. The van der Waals surface area contributed by atoms with Crippen molar-refractivity contribution in [3.05, 3.63) is 395 Å². The lowest BCUT2D eigenvalue weighted by atomic mass is 9.82. The van der Waals surface area contributed by atoms with E-state index < -0.39 is 0 Å². The van der Waals surface area contributed by atoms with Gasteiger partial charge in [0.1, 0.15) is 0 Å². The number of ether oxygens (including phenoxy) is 1. The molecule has 0 radical (unpaired) electrons. The van der Waals surface area contributed by atoms with E-state index in [2.05, 4.69) is 450 Å². The molecule has 6 aliphatic rings. The third-order valence-corrected chi connectivity index (χ3v) is 24.5. The summed E-state index contributed by atoms with van der Waals surface area (Å²) in [7, 11) is 10.8. The standard InChI is InChI=1S/3C23H17N.C22H19NO.C19H15N/c1-24-22-14-10-16-6-2-4-8-18(16)20(22)12-13-21-19-9-5-3-7-17(19)11-15-23(21)24;1-24-22-18(12-10-16-6-2-4-8-20(16)22)14-15-19-13-11-17-7-3-5-9-21(17)23(19)24;1-24-22-14-18-8-4-2-6-16(18)12-20(22)10-11-21-13-17-7-3-5-9-19(17)15-23(21)24;1-22(2)15-9-5-4-8-14(15)20-16(22)12-13-18-21(20)24-19-11-7-6-10-17(19)23(18)3;1-20-18-9-5-3-7-15(18)11-13-16-12-10-14-6-2-4-8-17(14)19(16)20/h3*2-15H,1H3;4-13H,1-3H3;2-13H,1H3. The maximum Gasteiger partial charge on any atom is 0.159 e. The fourth-order valence-corrected chi connectivity index (χ4v) is 18.5. The molecule has 0 fully saturated rings. The van der Waals surface area contributed by atoms with E-state index in [1.54, 1.807) is 0 Å². The van der Waals surface area contributed by atoms with Crippen LogP contribution in [-0.4, -0.2) is 35.2 Å². The zero-order valence-corrected chi connectivity index (χ0v) is 66.1. The van der Waals surface area contributed by atoms with Crippen LogP contribution in [0.3, 0.4) is 0 Å². The fraction of sp³-hybridized carbons (Fsp3) is 0.0727. The minimum atomic E-state index is -0.000146.